The molecule has 0 aromatic carbocycles. The van der Waals surface area contributed by atoms with Crippen LogP contribution >= 0.6 is 0 Å². The molecular formula is C19H20O8. The average molecular weight is 376 g/mol. The number of hydrogen-bond donors (Lipinski definition) is 2. The molecule has 2 saturated heterocycles. The molecule has 0 unspecified atom stereocenters. The predicted molar refractivity (Wildman–Crippen MR) is 89.0 cm³/mol. The number of aliphatic hydroxyl groups is 1. The highest BCUT2D eigenvalue weighted by Gasteiger charge is 2.75. The molecule has 0 aromatic rings. The van der Waals surface area contributed by atoms with E-state index in [0.29, 0.717) is 11.3 Å². The summed E-state index contributed by atoms with van der Waals surface area (Å²) in [5.41, 5.74) is -2.98. The van der Waals surface area contributed by atoms with Gasteiger partial charge in [0.15, 0.2) is 5.60 Å². The van der Waals surface area contributed by atoms with Gasteiger partial charge in [0.2, 0.25) is 11.6 Å². The molecule has 2 fully saturated rings. The second-order valence-corrected chi connectivity index (χ2v) is 7.94. The summed E-state index contributed by atoms with van der Waals surface area (Å²) in [6.45, 7) is 8.16. The molecule has 27 heavy (non-hydrogen) atoms. The summed E-state index contributed by atoms with van der Waals surface area (Å²) in [7, 11) is 0. The molecule has 6 atom stereocenters. The molecule has 0 saturated carbocycles. The monoisotopic (exact) mass is 376 g/mol. The van der Waals surface area contributed by atoms with Gasteiger partial charge in [-0.15, -0.1) is 0 Å². The Morgan fingerprint density at radius 3 is 2.63 bits per heavy atom. The zero-order valence-corrected chi connectivity index (χ0v) is 15.1. The van der Waals surface area contributed by atoms with Crippen molar-refractivity contribution in [1.82, 2.24) is 0 Å². The lowest BCUT2D eigenvalue weighted by molar-refractivity contribution is -0.221. The van der Waals surface area contributed by atoms with Gasteiger partial charge in [-0.05, 0) is 32.4 Å². The molecule has 4 aliphatic heterocycles. The fourth-order valence-corrected chi connectivity index (χ4v) is 4.63. The summed E-state index contributed by atoms with van der Waals surface area (Å²) in [5.74, 6) is -5.29. The number of carboxylic acids is 1. The van der Waals surface area contributed by atoms with Crippen LogP contribution in [0.3, 0.4) is 0 Å². The molecule has 0 amide bonds. The lowest BCUT2D eigenvalue weighted by Crippen LogP contribution is -2.51. The quantitative estimate of drug-likeness (QED) is 0.538. The first kappa shape index (κ1) is 17.9. The molecule has 4 aliphatic rings. The summed E-state index contributed by atoms with van der Waals surface area (Å²) < 4.78 is 17.1. The van der Waals surface area contributed by atoms with Gasteiger partial charge in [-0.25, -0.2) is 4.79 Å². The van der Waals surface area contributed by atoms with Crippen LogP contribution in [0.2, 0.25) is 0 Å². The number of esters is 1. The maximum absolute atomic E-state index is 12.8. The predicted octanol–water partition coefficient (Wildman–Crippen LogP) is 0.854. The van der Waals surface area contributed by atoms with Crippen LogP contribution in [-0.2, 0) is 28.6 Å². The molecular weight excluding hydrogens is 356 g/mol. The van der Waals surface area contributed by atoms with E-state index >= 15 is 0 Å². The second-order valence-electron chi connectivity index (χ2n) is 7.94. The lowest BCUT2D eigenvalue weighted by Gasteiger charge is -2.34. The zero-order chi connectivity index (χ0) is 19.9. The van der Waals surface area contributed by atoms with Crippen molar-refractivity contribution in [3.63, 3.8) is 0 Å². The highest BCUT2D eigenvalue weighted by Crippen LogP contribution is 2.60. The molecule has 0 radical (unpaired) electrons. The Morgan fingerprint density at radius 1 is 1.33 bits per heavy atom. The number of ketones is 1. The molecule has 4 heterocycles. The van der Waals surface area contributed by atoms with Crippen molar-refractivity contribution in [2.75, 3.05) is 0 Å². The number of allylic oxidation sites excluding steroid dienone is 1. The van der Waals surface area contributed by atoms with Gasteiger partial charge < -0.3 is 24.4 Å². The van der Waals surface area contributed by atoms with Gasteiger partial charge in [-0.1, -0.05) is 6.58 Å². The SMILES string of the molecule is C=C(C(=O)O)[C@@]1(O)O[C@H]2C[C@]3(C)OC(=CC3=O)/C(C)=C\[C@H]3OC(=O)[C@@]1(C)[C@H]23. The number of carboxylic acid groups (broad SMARTS) is 1. The van der Waals surface area contributed by atoms with Gasteiger partial charge in [0, 0.05) is 18.4 Å². The zero-order valence-electron chi connectivity index (χ0n) is 15.1. The first-order valence-electron chi connectivity index (χ1n) is 8.62. The van der Waals surface area contributed by atoms with E-state index in [1.54, 1.807) is 19.9 Å². The van der Waals surface area contributed by atoms with Crippen LogP contribution in [0.1, 0.15) is 27.2 Å². The van der Waals surface area contributed by atoms with Gasteiger partial charge in [-0.3, -0.25) is 9.59 Å². The Balaban J connectivity index is 1.90. The molecule has 2 bridgehead atoms. The van der Waals surface area contributed by atoms with Crippen LogP contribution in [-0.4, -0.2) is 51.5 Å². The summed E-state index contributed by atoms with van der Waals surface area (Å²) in [6.07, 6.45) is 1.44. The molecule has 8 nitrogen and oxygen atoms in total. The Kier molecular flexibility index (Phi) is 3.38. The standard InChI is InChI=1S/C19H20O8/c1-8-5-11-14-12(7-17(3)13(20)6-10(8)26-17)27-19(24,9(2)15(21)22)18(14,4)16(23)25-11/h5-6,11-12,14,24H,2,7H2,1,3-4H3,(H,21,22)/b8-5-/t11-,12+,14+,17+,18-,19-/m1/s1. The van der Waals surface area contributed by atoms with E-state index in [1.165, 1.54) is 13.0 Å². The average Bonchev–Trinajstić information content (AvgIpc) is 3.09. The summed E-state index contributed by atoms with van der Waals surface area (Å²) >= 11 is 0. The number of hydrogen-bond acceptors (Lipinski definition) is 7. The van der Waals surface area contributed by atoms with Gasteiger partial charge in [-0.2, -0.15) is 0 Å². The van der Waals surface area contributed by atoms with Gasteiger partial charge >= 0.3 is 11.9 Å². The second kappa shape index (κ2) is 5.08. The minimum atomic E-state index is -2.46. The highest BCUT2D eigenvalue weighted by molar-refractivity contribution is 6.00. The third-order valence-corrected chi connectivity index (χ3v) is 6.29. The molecule has 4 rings (SSSR count). The fourth-order valence-electron chi connectivity index (χ4n) is 4.63. The lowest BCUT2D eigenvalue weighted by atomic mass is 9.67. The van der Waals surface area contributed by atoms with Crippen molar-refractivity contribution < 1.29 is 38.8 Å². The normalized spacial score (nSPS) is 46.9. The van der Waals surface area contributed by atoms with Crippen molar-refractivity contribution in [2.45, 2.75) is 50.8 Å². The number of rotatable bonds is 2. The van der Waals surface area contributed by atoms with Crippen LogP contribution in [0.5, 0.6) is 0 Å². The minimum Gasteiger partial charge on any atom is -0.479 e. The van der Waals surface area contributed by atoms with Crippen LogP contribution in [0, 0.1) is 11.3 Å². The van der Waals surface area contributed by atoms with E-state index in [4.69, 9.17) is 14.2 Å². The maximum atomic E-state index is 12.8. The van der Waals surface area contributed by atoms with E-state index in [9.17, 15) is 24.6 Å². The first-order valence-corrected chi connectivity index (χ1v) is 8.62. The van der Waals surface area contributed by atoms with E-state index in [2.05, 4.69) is 6.58 Å². The Bertz CT molecular complexity index is 869. The van der Waals surface area contributed by atoms with Crippen molar-refractivity contribution in [3.05, 3.63) is 35.6 Å². The smallest absolute Gasteiger partial charge is 0.336 e. The van der Waals surface area contributed by atoms with Crippen LogP contribution in [0.25, 0.3) is 0 Å². The molecule has 2 N–H and O–H groups in total. The fraction of sp³-hybridized carbons (Fsp3) is 0.526. The first-order chi connectivity index (χ1) is 12.4. The van der Waals surface area contributed by atoms with E-state index in [1.807, 2.05) is 0 Å². The largest absolute Gasteiger partial charge is 0.479 e. The van der Waals surface area contributed by atoms with Crippen LogP contribution in [0.4, 0.5) is 0 Å². The molecule has 0 aromatic heterocycles. The van der Waals surface area contributed by atoms with Gasteiger partial charge in [0.25, 0.3) is 0 Å². The van der Waals surface area contributed by atoms with Crippen LogP contribution in [0.15, 0.2) is 35.6 Å². The van der Waals surface area contributed by atoms with Crippen molar-refractivity contribution >= 4 is 17.7 Å². The topological polar surface area (TPSA) is 119 Å². The summed E-state index contributed by atoms with van der Waals surface area (Å²) in [6, 6.07) is 0. The van der Waals surface area contributed by atoms with Crippen molar-refractivity contribution in [2.24, 2.45) is 11.3 Å². The Morgan fingerprint density at radius 2 is 2.00 bits per heavy atom. The van der Waals surface area contributed by atoms with Gasteiger partial charge in [0.05, 0.1) is 11.7 Å². The maximum Gasteiger partial charge on any atom is 0.336 e. The molecule has 144 valence electrons. The van der Waals surface area contributed by atoms with Crippen LogP contribution < -0.4 is 0 Å². The number of carbonyl (C=O) groups is 3. The molecule has 0 spiro atoms. The number of aliphatic carboxylic acids is 1. The van der Waals surface area contributed by atoms with E-state index in [-0.39, 0.29) is 12.2 Å². The van der Waals surface area contributed by atoms with E-state index < -0.39 is 52.4 Å². The van der Waals surface area contributed by atoms with E-state index in [0.717, 1.165) is 0 Å². The van der Waals surface area contributed by atoms with Crippen molar-refractivity contribution in [3.8, 4) is 0 Å². The van der Waals surface area contributed by atoms with Crippen molar-refractivity contribution in [1.29, 1.82) is 0 Å². The summed E-state index contributed by atoms with van der Waals surface area (Å²) in [4.78, 5) is 36.8. The van der Waals surface area contributed by atoms with Gasteiger partial charge in [0.1, 0.15) is 17.3 Å². The number of ether oxygens (including phenoxy) is 3. The minimum absolute atomic E-state index is 0.0234. The molecule has 8 heteroatoms. The Labute approximate surface area is 155 Å². The highest BCUT2D eigenvalue weighted by atomic mass is 16.7. The third-order valence-electron chi connectivity index (χ3n) is 6.29. The Hall–Kier alpha value is -2.45. The number of fused-ring (bicyclic) bond motifs is 2. The summed E-state index contributed by atoms with van der Waals surface area (Å²) in [5, 5.41) is 20.5. The molecule has 0 aliphatic carbocycles. The number of carbonyl (C=O) groups excluding carboxylic acids is 2. The third kappa shape index (κ3) is 2.02.